The maximum Gasteiger partial charge on any atom is 0.0658 e. The van der Waals surface area contributed by atoms with Gasteiger partial charge in [-0.15, -0.1) is 0 Å². The van der Waals surface area contributed by atoms with Crippen LogP contribution in [0.5, 0.6) is 0 Å². The Labute approximate surface area is 84.8 Å². The van der Waals surface area contributed by atoms with Crippen LogP contribution in [0.4, 0.5) is 0 Å². The molecule has 0 aromatic rings. The van der Waals surface area contributed by atoms with Gasteiger partial charge in [0.25, 0.3) is 0 Å². The van der Waals surface area contributed by atoms with E-state index in [1.165, 1.54) is 19.3 Å². The molecule has 0 saturated heterocycles. The van der Waals surface area contributed by atoms with E-state index in [0.29, 0.717) is 5.92 Å². The van der Waals surface area contributed by atoms with E-state index in [9.17, 15) is 0 Å². The van der Waals surface area contributed by atoms with Crippen molar-refractivity contribution in [3.05, 3.63) is 12.2 Å². The Bertz CT molecular complexity index is 351. The molecule has 0 spiro atoms. The Morgan fingerprint density at radius 1 is 1.00 bits per heavy atom. The standard InChI is InChI=1S/C13H15N/c14-6-10-4-9-5-11(10)13-8-2-1-7(3-8)12(9)13/h1-2,7-13H,3-5H2/t7-,8+,9+,10?,11+,12?,13?/m1/s1. The first-order valence-electron chi connectivity index (χ1n) is 5.96. The summed E-state index contributed by atoms with van der Waals surface area (Å²) in [4.78, 5) is 0. The monoisotopic (exact) mass is 185 g/mol. The molecule has 3 fully saturated rings. The molecule has 7 atom stereocenters. The molecule has 0 aromatic heterocycles. The highest BCUT2D eigenvalue weighted by Gasteiger charge is 2.60. The van der Waals surface area contributed by atoms with E-state index in [1.54, 1.807) is 0 Å². The summed E-state index contributed by atoms with van der Waals surface area (Å²) >= 11 is 0. The fourth-order valence-electron chi connectivity index (χ4n) is 5.16. The Hall–Kier alpha value is -0.770. The Morgan fingerprint density at radius 3 is 2.57 bits per heavy atom. The van der Waals surface area contributed by atoms with Crippen LogP contribution in [-0.4, -0.2) is 0 Å². The largest absolute Gasteiger partial charge is 0.198 e. The third-order valence-electron chi connectivity index (χ3n) is 5.44. The van der Waals surface area contributed by atoms with Gasteiger partial charge in [0.05, 0.1) is 6.07 Å². The zero-order valence-corrected chi connectivity index (χ0v) is 8.26. The Morgan fingerprint density at radius 2 is 1.79 bits per heavy atom. The van der Waals surface area contributed by atoms with E-state index in [4.69, 9.17) is 5.26 Å². The Balaban J connectivity index is 1.76. The summed E-state index contributed by atoms with van der Waals surface area (Å²) in [5.41, 5.74) is 0. The molecule has 14 heavy (non-hydrogen) atoms. The summed E-state index contributed by atoms with van der Waals surface area (Å²) in [6, 6.07) is 2.54. The first-order chi connectivity index (χ1) is 6.88. The normalized spacial score (nSPS) is 61.8. The van der Waals surface area contributed by atoms with E-state index in [1.807, 2.05) is 0 Å². The number of fused-ring (bicyclic) bond motifs is 9. The zero-order valence-electron chi connectivity index (χ0n) is 8.26. The van der Waals surface area contributed by atoms with Gasteiger partial charge < -0.3 is 0 Å². The lowest BCUT2D eigenvalue weighted by atomic mass is 9.70. The van der Waals surface area contributed by atoms with E-state index < -0.39 is 0 Å². The highest BCUT2D eigenvalue weighted by atomic mass is 14.6. The van der Waals surface area contributed by atoms with Gasteiger partial charge in [-0.2, -0.15) is 5.26 Å². The van der Waals surface area contributed by atoms with Gasteiger partial charge in [-0.25, -0.2) is 0 Å². The van der Waals surface area contributed by atoms with Gasteiger partial charge in [0.15, 0.2) is 0 Å². The zero-order chi connectivity index (χ0) is 9.28. The fraction of sp³-hybridized carbons (Fsp3) is 0.769. The molecular weight excluding hydrogens is 170 g/mol. The van der Waals surface area contributed by atoms with Gasteiger partial charge in [-0.3, -0.25) is 0 Å². The SMILES string of the molecule is N#CC1C[C@H]2C[C@@H]1C1C2[C@@H]2C=C[C@H]1C2. The van der Waals surface area contributed by atoms with Gasteiger partial charge in [-0.1, -0.05) is 12.2 Å². The molecule has 0 heterocycles. The lowest BCUT2D eigenvalue weighted by molar-refractivity contribution is 0.176. The smallest absolute Gasteiger partial charge is 0.0658 e. The van der Waals surface area contributed by atoms with Crippen molar-refractivity contribution in [2.24, 2.45) is 41.4 Å². The number of nitrogens with zero attached hydrogens (tertiary/aromatic N) is 1. The molecule has 0 N–H and O–H groups in total. The second-order valence-electron chi connectivity index (χ2n) is 5.73. The molecule has 72 valence electrons. The molecule has 4 aliphatic rings. The summed E-state index contributed by atoms with van der Waals surface area (Å²) in [7, 11) is 0. The first kappa shape index (κ1) is 7.51. The van der Waals surface area contributed by atoms with Gasteiger partial charge in [-0.05, 0) is 54.8 Å². The fourth-order valence-corrected chi connectivity index (χ4v) is 5.16. The molecular formula is C13H15N. The predicted molar refractivity (Wildman–Crippen MR) is 53.0 cm³/mol. The number of nitriles is 1. The van der Waals surface area contributed by atoms with Crippen molar-refractivity contribution >= 4 is 0 Å². The minimum atomic E-state index is 0.411. The minimum absolute atomic E-state index is 0.411. The van der Waals surface area contributed by atoms with E-state index in [0.717, 1.165) is 35.5 Å². The molecule has 3 saturated carbocycles. The van der Waals surface area contributed by atoms with Crippen molar-refractivity contribution in [1.29, 1.82) is 5.26 Å². The molecule has 0 aliphatic heterocycles. The lowest BCUT2D eigenvalue weighted by Crippen LogP contribution is -2.30. The van der Waals surface area contributed by atoms with E-state index in [2.05, 4.69) is 18.2 Å². The van der Waals surface area contributed by atoms with Crippen molar-refractivity contribution in [3.8, 4) is 6.07 Å². The van der Waals surface area contributed by atoms with Gasteiger partial charge >= 0.3 is 0 Å². The van der Waals surface area contributed by atoms with E-state index >= 15 is 0 Å². The lowest BCUT2D eigenvalue weighted by Gasteiger charge is -2.34. The molecule has 3 unspecified atom stereocenters. The minimum Gasteiger partial charge on any atom is -0.198 e. The number of allylic oxidation sites excluding steroid dienone is 2. The summed E-state index contributed by atoms with van der Waals surface area (Å²) in [6.07, 6.45) is 8.93. The summed E-state index contributed by atoms with van der Waals surface area (Å²) in [6.45, 7) is 0. The van der Waals surface area contributed by atoms with Gasteiger partial charge in [0, 0.05) is 5.92 Å². The van der Waals surface area contributed by atoms with Gasteiger partial charge in [0.1, 0.15) is 0 Å². The topological polar surface area (TPSA) is 23.8 Å². The summed E-state index contributed by atoms with van der Waals surface area (Å²) < 4.78 is 0. The maximum absolute atomic E-state index is 9.11. The van der Waals surface area contributed by atoms with Crippen molar-refractivity contribution in [1.82, 2.24) is 0 Å². The van der Waals surface area contributed by atoms with Crippen molar-refractivity contribution in [2.45, 2.75) is 19.3 Å². The van der Waals surface area contributed by atoms with Crippen molar-refractivity contribution in [3.63, 3.8) is 0 Å². The summed E-state index contributed by atoms with van der Waals surface area (Å²) in [5.74, 6) is 5.75. The van der Waals surface area contributed by atoms with Crippen LogP contribution in [0.15, 0.2) is 12.2 Å². The maximum atomic E-state index is 9.11. The molecule has 0 amide bonds. The van der Waals surface area contributed by atoms with Crippen LogP contribution >= 0.6 is 0 Å². The average Bonchev–Trinajstić information content (AvgIpc) is 2.94. The third-order valence-corrected chi connectivity index (χ3v) is 5.44. The highest BCUT2D eigenvalue weighted by Crippen LogP contribution is 2.66. The van der Waals surface area contributed by atoms with Gasteiger partial charge in [0.2, 0.25) is 0 Å². The van der Waals surface area contributed by atoms with Crippen LogP contribution in [-0.2, 0) is 0 Å². The van der Waals surface area contributed by atoms with Crippen LogP contribution in [0, 0.1) is 52.8 Å². The van der Waals surface area contributed by atoms with E-state index in [-0.39, 0.29) is 0 Å². The molecule has 4 rings (SSSR count). The second-order valence-corrected chi connectivity index (χ2v) is 5.73. The molecule has 4 aliphatic carbocycles. The van der Waals surface area contributed by atoms with Crippen LogP contribution in [0.3, 0.4) is 0 Å². The van der Waals surface area contributed by atoms with Crippen molar-refractivity contribution < 1.29 is 0 Å². The second kappa shape index (κ2) is 2.24. The van der Waals surface area contributed by atoms with Crippen LogP contribution in [0.1, 0.15) is 19.3 Å². The first-order valence-corrected chi connectivity index (χ1v) is 5.96. The number of hydrogen-bond acceptors (Lipinski definition) is 1. The summed E-state index contributed by atoms with van der Waals surface area (Å²) in [5, 5.41) is 9.11. The molecule has 0 aromatic carbocycles. The number of rotatable bonds is 0. The number of hydrogen-bond donors (Lipinski definition) is 0. The van der Waals surface area contributed by atoms with Crippen LogP contribution in [0.2, 0.25) is 0 Å². The molecule has 0 radical (unpaired) electrons. The average molecular weight is 185 g/mol. The van der Waals surface area contributed by atoms with Crippen LogP contribution in [0.25, 0.3) is 0 Å². The predicted octanol–water partition coefficient (Wildman–Crippen LogP) is 2.60. The van der Waals surface area contributed by atoms with Crippen LogP contribution < -0.4 is 0 Å². The highest BCUT2D eigenvalue weighted by molar-refractivity contribution is 5.22. The van der Waals surface area contributed by atoms with Crippen molar-refractivity contribution in [2.75, 3.05) is 0 Å². The third kappa shape index (κ3) is 0.659. The quantitative estimate of drug-likeness (QED) is 0.420. The molecule has 1 nitrogen and oxygen atoms in total. The molecule has 1 heteroatoms. The Kier molecular flexibility index (Phi) is 1.20. The molecule has 4 bridgehead atoms.